The van der Waals surface area contributed by atoms with Gasteiger partial charge in [0, 0.05) is 5.38 Å². The van der Waals surface area contributed by atoms with Crippen LogP contribution in [0, 0.1) is 0 Å². The van der Waals surface area contributed by atoms with Gasteiger partial charge in [-0.15, -0.1) is 11.3 Å². The Morgan fingerprint density at radius 3 is 2.79 bits per heavy atom. The molecule has 1 unspecified atom stereocenters. The summed E-state index contributed by atoms with van der Waals surface area (Å²) < 4.78 is 4.47. The average Bonchev–Trinajstić information content (AvgIpc) is 2.64. The van der Waals surface area contributed by atoms with Crippen molar-refractivity contribution in [3.63, 3.8) is 0 Å². The van der Waals surface area contributed by atoms with Crippen molar-refractivity contribution in [1.29, 1.82) is 0 Å². The molecule has 0 saturated heterocycles. The lowest BCUT2D eigenvalue weighted by molar-refractivity contribution is 0.0595. The number of esters is 1. The van der Waals surface area contributed by atoms with E-state index in [1.165, 1.54) is 12.5 Å². The molecule has 0 saturated carbocycles. The quantitative estimate of drug-likeness (QED) is 0.481. The Labute approximate surface area is 93.4 Å². The van der Waals surface area contributed by atoms with Crippen molar-refractivity contribution in [2.24, 2.45) is 0 Å². The predicted molar refractivity (Wildman–Crippen MR) is 56.2 cm³/mol. The number of halogens is 1. The van der Waals surface area contributed by atoms with E-state index in [-0.39, 0.29) is 16.3 Å². The summed E-state index contributed by atoms with van der Waals surface area (Å²) in [5, 5.41) is 1.82. The van der Waals surface area contributed by atoms with E-state index in [9.17, 15) is 9.59 Å². The van der Waals surface area contributed by atoms with Gasteiger partial charge in [0.05, 0.1) is 11.9 Å². The second kappa shape index (κ2) is 4.65. The summed E-state index contributed by atoms with van der Waals surface area (Å²) in [5.41, 5.74) is 0.175. The first-order valence-electron chi connectivity index (χ1n) is 3.78. The monoisotopic (exact) mass is 277 g/mol. The molecule has 0 amide bonds. The summed E-state index contributed by atoms with van der Waals surface area (Å²) in [4.78, 5) is 26.0. The molecule has 0 fully saturated rings. The fourth-order valence-corrected chi connectivity index (χ4v) is 1.94. The molecular formula is C8H8BrNO3S. The van der Waals surface area contributed by atoms with Gasteiger partial charge in [-0.1, -0.05) is 15.9 Å². The fourth-order valence-electron chi connectivity index (χ4n) is 0.755. The number of ether oxygens (including phenoxy) is 1. The highest BCUT2D eigenvalue weighted by atomic mass is 79.9. The summed E-state index contributed by atoms with van der Waals surface area (Å²) in [6.45, 7) is 1.71. The number of thiazole rings is 1. The fraction of sp³-hybridized carbons (Fsp3) is 0.375. The summed E-state index contributed by atoms with van der Waals surface area (Å²) >= 11 is 4.28. The molecule has 0 N–H and O–H groups in total. The molecule has 1 aromatic heterocycles. The standard InChI is InChI=1S/C8H8BrNO3S/c1-4(9)6(11)7-10-5(3-14-7)8(12)13-2/h3-4H,1-2H3. The van der Waals surface area contributed by atoms with Gasteiger partial charge in [-0.3, -0.25) is 4.79 Å². The molecule has 1 rings (SSSR count). The van der Waals surface area contributed by atoms with Crippen molar-refractivity contribution >= 4 is 39.0 Å². The average molecular weight is 278 g/mol. The molecule has 76 valence electrons. The Hall–Kier alpha value is -0.750. The van der Waals surface area contributed by atoms with Crippen LogP contribution in [0.4, 0.5) is 0 Å². The maximum absolute atomic E-state index is 11.4. The zero-order valence-corrected chi connectivity index (χ0v) is 10.0. The minimum Gasteiger partial charge on any atom is -0.464 e. The first kappa shape index (κ1) is 11.3. The number of alkyl halides is 1. The normalized spacial score (nSPS) is 12.2. The molecule has 0 spiro atoms. The Morgan fingerprint density at radius 2 is 2.29 bits per heavy atom. The van der Waals surface area contributed by atoms with Gasteiger partial charge in [0.15, 0.2) is 10.7 Å². The van der Waals surface area contributed by atoms with Crippen LogP contribution in [-0.2, 0) is 4.74 Å². The first-order chi connectivity index (χ1) is 6.56. The lowest BCUT2D eigenvalue weighted by Gasteiger charge is -1.96. The number of nitrogens with zero attached hydrogens (tertiary/aromatic N) is 1. The van der Waals surface area contributed by atoms with E-state index >= 15 is 0 Å². The summed E-state index contributed by atoms with van der Waals surface area (Å²) in [7, 11) is 1.27. The van der Waals surface area contributed by atoms with Gasteiger partial charge < -0.3 is 4.74 Å². The predicted octanol–water partition coefficient (Wildman–Crippen LogP) is 1.90. The van der Waals surface area contributed by atoms with Gasteiger partial charge in [-0.25, -0.2) is 9.78 Å². The number of aromatic nitrogens is 1. The first-order valence-corrected chi connectivity index (χ1v) is 5.58. The Morgan fingerprint density at radius 1 is 1.64 bits per heavy atom. The third-order valence-electron chi connectivity index (χ3n) is 1.47. The van der Waals surface area contributed by atoms with Crippen LogP contribution in [0.15, 0.2) is 5.38 Å². The molecule has 0 aliphatic carbocycles. The maximum atomic E-state index is 11.4. The lowest BCUT2D eigenvalue weighted by atomic mass is 10.3. The SMILES string of the molecule is COC(=O)c1csc(C(=O)C(C)Br)n1. The number of carbonyl (C=O) groups excluding carboxylic acids is 2. The molecule has 6 heteroatoms. The highest BCUT2D eigenvalue weighted by Crippen LogP contribution is 2.15. The maximum Gasteiger partial charge on any atom is 0.357 e. The van der Waals surface area contributed by atoms with E-state index in [0.717, 1.165) is 11.3 Å². The van der Waals surface area contributed by atoms with Crippen molar-refractivity contribution in [1.82, 2.24) is 4.98 Å². The Balaban J connectivity index is 2.88. The third kappa shape index (κ3) is 2.39. The number of rotatable bonds is 3. The molecule has 0 aromatic carbocycles. The molecule has 1 aromatic rings. The summed E-state index contributed by atoms with van der Waals surface area (Å²) in [6, 6.07) is 0. The summed E-state index contributed by atoms with van der Waals surface area (Å²) in [6.07, 6.45) is 0. The number of carbonyl (C=O) groups is 2. The van der Waals surface area contributed by atoms with Crippen LogP contribution in [-0.4, -0.2) is 28.7 Å². The van der Waals surface area contributed by atoms with Crippen LogP contribution >= 0.6 is 27.3 Å². The van der Waals surface area contributed by atoms with Crippen LogP contribution in [0.2, 0.25) is 0 Å². The zero-order valence-electron chi connectivity index (χ0n) is 7.61. The summed E-state index contributed by atoms with van der Waals surface area (Å²) in [5.74, 6) is -0.660. The molecule has 1 heterocycles. The van der Waals surface area contributed by atoms with E-state index in [4.69, 9.17) is 0 Å². The Bertz CT molecular complexity index is 361. The second-order valence-corrected chi connectivity index (χ2v) is 4.74. The molecule has 0 radical (unpaired) electrons. The number of ketones is 1. The van der Waals surface area contributed by atoms with E-state index in [2.05, 4.69) is 25.7 Å². The largest absolute Gasteiger partial charge is 0.464 e. The number of Topliss-reactive ketones (excluding diaryl/α,β-unsaturated/α-hetero) is 1. The molecule has 0 bridgehead atoms. The van der Waals surface area contributed by atoms with Crippen LogP contribution in [0.25, 0.3) is 0 Å². The highest BCUT2D eigenvalue weighted by molar-refractivity contribution is 9.10. The van der Waals surface area contributed by atoms with Crippen LogP contribution in [0.5, 0.6) is 0 Å². The van der Waals surface area contributed by atoms with Gasteiger partial charge in [0.1, 0.15) is 0 Å². The van der Waals surface area contributed by atoms with Crippen molar-refractivity contribution in [3.05, 3.63) is 16.1 Å². The van der Waals surface area contributed by atoms with Crippen molar-refractivity contribution < 1.29 is 14.3 Å². The van der Waals surface area contributed by atoms with Crippen molar-refractivity contribution in [2.45, 2.75) is 11.8 Å². The molecule has 0 aliphatic heterocycles. The van der Waals surface area contributed by atoms with Crippen LogP contribution in [0.3, 0.4) is 0 Å². The van der Waals surface area contributed by atoms with Gasteiger partial charge in [0.25, 0.3) is 0 Å². The van der Waals surface area contributed by atoms with E-state index in [1.807, 2.05) is 0 Å². The van der Waals surface area contributed by atoms with Crippen LogP contribution in [0.1, 0.15) is 27.2 Å². The van der Waals surface area contributed by atoms with Crippen LogP contribution < -0.4 is 0 Å². The number of methoxy groups -OCH3 is 1. The minimum absolute atomic E-state index is 0.134. The van der Waals surface area contributed by atoms with Crippen molar-refractivity contribution in [2.75, 3.05) is 7.11 Å². The third-order valence-corrected chi connectivity index (χ3v) is 2.74. The van der Waals surface area contributed by atoms with Gasteiger partial charge >= 0.3 is 5.97 Å². The second-order valence-electron chi connectivity index (χ2n) is 2.51. The van der Waals surface area contributed by atoms with Gasteiger partial charge in [-0.05, 0) is 6.92 Å². The topological polar surface area (TPSA) is 56.3 Å². The van der Waals surface area contributed by atoms with Gasteiger partial charge in [0.2, 0.25) is 5.78 Å². The molecule has 14 heavy (non-hydrogen) atoms. The zero-order chi connectivity index (χ0) is 10.7. The van der Waals surface area contributed by atoms with E-state index in [1.54, 1.807) is 6.92 Å². The number of hydrogen-bond donors (Lipinski definition) is 0. The molecule has 0 aliphatic rings. The molecule has 4 nitrogen and oxygen atoms in total. The van der Waals surface area contributed by atoms with E-state index in [0.29, 0.717) is 5.01 Å². The Kier molecular flexibility index (Phi) is 3.77. The van der Waals surface area contributed by atoms with Gasteiger partial charge in [-0.2, -0.15) is 0 Å². The number of hydrogen-bond acceptors (Lipinski definition) is 5. The smallest absolute Gasteiger partial charge is 0.357 e. The lowest BCUT2D eigenvalue weighted by Crippen LogP contribution is -2.10. The minimum atomic E-state index is -0.525. The van der Waals surface area contributed by atoms with E-state index < -0.39 is 5.97 Å². The highest BCUT2D eigenvalue weighted by Gasteiger charge is 2.18. The van der Waals surface area contributed by atoms with Crippen molar-refractivity contribution in [3.8, 4) is 0 Å². The molecular weight excluding hydrogens is 270 g/mol. The molecule has 1 atom stereocenters.